The Balaban J connectivity index is 1.76. The number of aromatic nitrogens is 1. The Kier molecular flexibility index (Phi) is 3.08. The summed E-state index contributed by atoms with van der Waals surface area (Å²) in [5.74, 6) is 0. The molecule has 0 amide bonds. The molecule has 0 saturated carbocycles. The van der Waals surface area contributed by atoms with Gasteiger partial charge in [0.05, 0.1) is 5.69 Å². The minimum absolute atomic E-state index is 0.146. The number of epoxide rings is 1. The number of hydrogen-bond acceptors (Lipinski definition) is 4. The summed E-state index contributed by atoms with van der Waals surface area (Å²) in [4.78, 5) is 4.24. The molecule has 4 nitrogen and oxygen atoms in total. The Morgan fingerprint density at radius 3 is 3.07 bits per heavy atom. The number of ether oxygens (including phenoxy) is 1. The summed E-state index contributed by atoms with van der Waals surface area (Å²) in [5, 5.41) is 6.35. The highest BCUT2D eigenvalue weighted by molar-refractivity contribution is 5.12. The second-order valence-electron chi connectivity index (χ2n) is 3.29. The predicted octanol–water partition coefficient (Wildman–Crippen LogP) is 0.288. The lowest BCUT2D eigenvalue weighted by Gasteiger charge is -1.99. The van der Waals surface area contributed by atoms with Gasteiger partial charge in [0.25, 0.3) is 0 Å². The topological polar surface area (TPSA) is 49.5 Å². The third kappa shape index (κ3) is 2.29. The molecule has 2 rings (SSSR count). The minimum atomic E-state index is 0.146. The van der Waals surface area contributed by atoms with E-state index < -0.39 is 0 Å². The van der Waals surface area contributed by atoms with Crippen LogP contribution in [0.1, 0.15) is 11.8 Å². The van der Waals surface area contributed by atoms with Crippen LogP contribution in [0.4, 0.5) is 0 Å². The summed E-state index contributed by atoms with van der Waals surface area (Å²) in [6, 6.07) is 5.88. The molecule has 0 bridgehead atoms. The molecule has 2 N–H and O–H groups in total. The van der Waals surface area contributed by atoms with E-state index in [9.17, 15) is 0 Å². The van der Waals surface area contributed by atoms with Crippen LogP contribution in [0.25, 0.3) is 0 Å². The van der Waals surface area contributed by atoms with Crippen LogP contribution in [0.2, 0.25) is 0 Å². The van der Waals surface area contributed by atoms with Crippen LogP contribution in [0.5, 0.6) is 0 Å². The molecule has 1 saturated heterocycles. The van der Waals surface area contributed by atoms with Gasteiger partial charge >= 0.3 is 0 Å². The number of rotatable bonds is 5. The van der Waals surface area contributed by atoms with Crippen LogP contribution >= 0.6 is 0 Å². The SMILES string of the molecule is CNCCNC1OC1c1ccccn1. The first kappa shape index (κ1) is 9.58. The fourth-order valence-corrected chi connectivity index (χ4v) is 1.38. The third-order valence-corrected chi connectivity index (χ3v) is 2.19. The lowest BCUT2D eigenvalue weighted by Crippen LogP contribution is -2.27. The molecule has 0 radical (unpaired) electrons. The molecule has 76 valence electrons. The van der Waals surface area contributed by atoms with Gasteiger partial charge in [-0.3, -0.25) is 10.3 Å². The number of likely N-dealkylation sites (N-methyl/N-ethyl adjacent to an activating group) is 1. The number of nitrogens with zero attached hydrogens (tertiary/aromatic N) is 1. The molecule has 1 aromatic rings. The van der Waals surface area contributed by atoms with E-state index in [-0.39, 0.29) is 12.3 Å². The Hall–Kier alpha value is -0.970. The summed E-state index contributed by atoms with van der Waals surface area (Å²) in [5.41, 5.74) is 1.01. The van der Waals surface area contributed by atoms with Gasteiger partial charge < -0.3 is 10.1 Å². The highest BCUT2D eigenvalue weighted by Crippen LogP contribution is 2.34. The average molecular weight is 193 g/mol. The van der Waals surface area contributed by atoms with Gasteiger partial charge in [0.15, 0.2) is 0 Å². The van der Waals surface area contributed by atoms with Gasteiger partial charge in [-0.2, -0.15) is 0 Å². The highest BCUT2D eigenvalue weighted by Gasteiger charge is 2.40. The van der Waals surface area contributed by atoms with E-state index in [1.165, 1.54) is 0 Å². The maximum atomic E-state index is 5.45. The van der Waals surface area contributed by atoms with E-state index in [4.69, 9.17) is 4.74 Å². The molecule has 0 spiro atoms. The van der Waals surface area contributed by atoms with E-state index >= 15 is 0 Å². The van der Waals surface area contributed by atoms with Gasteiger partial charge in [-0.15, -0.1) is 0 Å². The van der Waals surface area contributed by atoms with E-state index in [2.05, 4.69) is 15.6 Å². The fourth-order valence-electron chi connectivity index (χ4n) is 1.38. The molecule has 1 aliphatic rings. The van der Waals surface area contributed by atoms with Gasteiger partial charge in [-0.25, -0.2) is 0 Å². The molecule has 1 aromatic heterocycles. The monoisotopic (exact) mass is 193 g/mol. The summed E-state index contributed by atoms with van der Waals surface area (Å²) >= 11 is 0. The maximum absolute atomic E-state index is 5.45. The summed E-state index contributed by atoms with van der Waals surface area (Å²) in [7, 11) is 1.94. The van der Waals surface area contributed by atoms with Gasteiger partial charge in [-0.05, 0) is 19.2 Å². The first-order chi connectivity index (χ1) is 6.92. The first-order valence-electron chi connectivity index (χ1n) is 4.86. The second-order valence-corrected chi connectivity index (χ2v) is 3.29. The molecule has 14 heavy (non-hydrogen) atoms. The van der Waals surface area contributed by atoms with Crippen LogP contribution in [0.3, 0.4) is 0 Å². The van der Waals surface area contributed by atoms with Crippen LogP contribution < -0.4 is 10.6 Å². The van der Waals surface area contributed by atoms with Gasteiger partial charge in [0.1, 0.15) is 12.3 Å². The number of hydrogen-bond donors (Lipinski definition) is 2. The molecule has 2 unspecified atom stereocenters. The molecule has 1 aliphatic heterocycles. The summed E-state index contributed by atoms with van der Waals surface area (Å²) in [6.07, 6.45) is 2.09. The van der Waals surface area contributed by atoms with E-state index in [1.54, 1.807) is 6.20 Å². The molecular formula is C10H15N3O. The van der Waals surface area contributed by atoms with Crippen molar-refractivity contribution in [2.24, 2.45) is 0 Å². The molecule has 2 heterocycles. The largest absolute Gasteiger partial charge is 0.346 e. The second kappa shape index (κ2) is 4.50. The molecule has 0 aromatic carbocycles. The van der Waals surface area contributed by atoms with E-state index in [0.717, 1.165) is 18.8 Å². The van der Waals surface area contributed by atoms with Crippen molar-refractivity contribution in [1.29, 1.82) is 0 Å². The zero-order chi connectivity index (χ0) is 9.80. The van der Waals surface area contributed by atoms with Crippen LogP contribution in [-0.2, 0) is 4.74 Å². The third-order valence-electron chi connectivity index (χ3n) is 2.19. The van der Waals surface area contributed by atoms with E-state index in [1.807, 2.05) is 25.2 Å². The van der Waals surface area contributed by atoms with Crippen molar-refractivity contribution in [1.82, 2.24) is 15.6 Å². The van der Waals surface area contributed by atoms with Crippen molar-refractivity contribution >= 4 is 0 Å². The normalized spacial score (nSPS) is 24.9. The highest BCUT2D eigenvalue weighted by atomic mass is 16.6. The molecule has 2 atom stereocenters. The fraction of sp³-hybridized carbons (Fsp3) is 0.500. The number of nitrogens with one attached hydrogen (secondary N) is 2. The molecular weight excluding hydrogens is 178 g/mol. The van der Waals surface area contributed by atoms with Crippen molar-refractivity contribution < 1.29 is 4.74 Å². The zero-order valence-corrected chi connectivity index (χ0v) is 8.23. The van der Waals surface area contributed by atoms with Crippen LogP contribution in [0, 0.1) is 0 Å². The van der Waals surface area contributed by atoms with Gasteiger partial charge in [0, 0.05) is 19.3 Å². The standard InChI is InChI=1S/C10H15N3O/c1-11-6-7-13-10-9(14-10)8-4-2-3-5-12-8/h2-5,9-11,13H,6-7H2,1H3. The number of pyridine rings is 1. The lowest BCUT2D eigenvalue weighted by atomic mass is 10.3. The molecule has 4 heteroatoms. The quantitative estimate of drug-likeness (QED) is 0.521. The van der Waals surface area contributed by atoms with Crippen molar-refractivity contribution in [3.05, 3.63) is 30.1 Å². The predicted molar refractivity (Wildman–Crippen MR) is 53.8 cm³/mol. The molecule has 1 fully saturated rings. The van der Waals surface area contributed by atoms with E-state index in [0.29, 0.717) is 0 Å². The van der Waals surface area contributed by atoms with Gasteiger partial charge in [-0.1, -0.05) is 6.07 Å². The Bertz CT molecular complexity index is 278. The zero-order valence-electron chi connectivity index (χ0n) is 8.23. The maximum Gasteiger partial charge on any atom is 0.141 e. The average Bonchev–Trinajstić information content (AvgIpc) is 2.99. The van der Waals surface area contributed by atoms with Crippen molar-refractivity contribution in [3.63, 3.8) is 0 Å². The van der Waals surface area contributed by atoms with Crippen molar-refractivity contribution in [3.8, 4) is 0 Å². The van der Waals surface area contributed by atoms with Crippen molar-refractivity contribution in [2.45, 2.75) is 12.3 Å². The van der Waals surface area contributed by atoms with Crippen LogP contribution in [-0.4, -0.2) is 31.3 Å². The van der Waals surface area contributed by atoms with Crippen LogP contribution in [0.15, 0.2) is 24.4 Å². The summed E-state index contributed by atoms with van der Waals surface area (Å²) in [6.45, 7) is 1.87. The van der Waals surface area contributed by atoms with Gasteiger partial charge in [0.2, 0.25) is 0 Å². The molecule has 0 aliphatic carbocycles. The minimum Gasteiger partial charge on any atom is -0.346 e. The Morgan fingerprint density at radius 1 is 1.43 bits per heavy atom. The summed E-state index contributed by atoms with van der Waals surface area (Å²) < 4.78 is 5.45. The first-order valence-corrected chi connectivity index (χ1v) is 4.86. The smallest absolute Gasteiger partial charge is 0.141 e. The van der Waals surface area contributed by atoms with Crippen molar-refractivity contribution in [2.75, 3.05) is 20.1 Å². The Labute approximate surface area is 83.7 Å². The lowest BCUT2D eigenvalue weighted by molar-refractivity contribution is 0.345. The Morgan fingerprint density at radius 2 is 2.36 bits per heavy atom.